The number of rotatable bonds is 0. The van der Waals surface area contributed by atoms with Crippen LogP contribution in [0.2, 0.25) is 0 Å². The van der Waals surface area contributed by atoms with Gasteiger partial charge in [-0.3, -0.25) is 0 Å². The van der Waals surface area contributed by atoms with E-state index in [0.717, 1.165) is 0 Å². The molecule has 4 heavy (non-hydrogen) atoms. The van der Waals surface area contributed by atoms with E-state index in [9.17, 15) is 0 Å². The van der Waals surface area contributed by atoms with Gasteiger partial charge in [0.1, 0.15) is 0 Å². The van der Waals surface area contributed by atoms with E-state index >= 15 is 0 Å². The molecule has 0 amide bonds. The van der Waals surface area contributed by atoms with Gasteiger partial charge in [0.05, 0.1) is 0 Å². The summed E-state index contributed by atoms with van der Waals surface area (Å²) < 4.78 is 0. The summed E-state index contributed by atoms with van der Waals surface area (Å²) in [6.07, 6.45) is 0. The van der Waals surface area contributed by atoms with Gasteiger partial charge >= 0.3 is 29.6 Å². The van der Waals surface area contributed by atoms with E-state index in [0.29, 0.717) is 0 Å². The molecule has 24 valence electrons. The Kier molecular flexibility index (Phi) is 106. The first-order valence-electron chi connectivity index (χ1n) is 0.218. The van der Waals surface area contributed by atoms with Gasteiger partial charge in [-0.15, -0.1) is 12.4 Å². The zero-order chi connectivity index (χ0) is 2.00. The molecule has 4 heteroatoms. The molecule has 0 unspecified atom stereocenters. The Balaban J connectivity index is -0.00000000500. The van der Waals surface area contributed by atoms with Crippen LogP contribution in [-0.4, -0.2) is 29.6 Å². The summed E-state index contributed by atoms with van der Waals surface area (Å²) in [4.78, 5) is 0. The molecule has 0 aromatic heterocycles. The van der Waals surface area contributed by atoms with Crippen molar-refractivity contribution in [2.75, 3.05) is 0 Å². The van der Waals surface area contributed by atoms with Crippen LogP contribution in [0.4, 0.5) is 0 Å². The first-order valence-corrected chi connectivity index (χ1v) is 0.655. The maximum atomic E-state index is 4.14. The van der Waals surface area contributed by atoms with Gasteiger partial charge in [-0.2, -0.15) is 0 Å². The SMILES string of the molecule is Cl.NCl.[NaH]. The van der Waals surface area contributed by atoms with E-state index in [1.165, 1.54) is 0 Å². The van der Waals surface area contributed by atoms with Crippen LogP contribution in [-0.2, 0) is 0 Å². The van der Waals surface area contributed by atoms with Gasteiger partial charge in [0, 0.05) is 0 Å². The summed E-state index contributed by atoms with van der Waals surface area (Å²) in [6.45, 7) is 0. The van der Waals surface area contributed by atoms with Crippen LogP contribution in [0, 0.1) is 0 Å². The Morgan fingerprint density at radius 2 is 1.25 bits per heavy atom. The van der Waals surface area contributed by atoms with Gasteiger partial charge in [0.25, 0.3) is 0 Å². The van der Waals surface area contributed by atoms with Crippen molar-refractivity contribution in [2.24, 2.45) is 5.25 Å². The molecular formula is H4Cl2NNa. The van der Waals surface area contributed by atoms with E-state index in [1.54, 1.807) is 0 Å². The topological polar surface area (TPSA) is 26.0 Å². The number of nitrogens with two attached hydrogens (primary N) is 1. The summed E-state index contributed by atoms with van der Waals surface area (Å²) in [7, 11) is 0. The van der Waals surface area contributed by atoms with Gasteiger partial charge < -0.3 is 0 Å². The molecule has 1 nitrogen and oxygen atoms in total. The molecule has 0 atom stereocenters. The third-order valence-corrected chi connectivity index (χ3v) is 0. The Morgan fingerprint density at radius 1 is 1.25 bits per heavy atom. The van der Waals surface area contributed by atoms with Gasteiger partial charge in [-0.1, -0.05) is 0 Å². The molecule has 0 aliphatic heterocycles. The molecule has 0 aliphatic rings. The summed E-state index contributed by atoms with van der Waals surface area (Å²) in [5, 5.41) is 3.97. The zero-order valence-corrected chi connectivity index (χ0v) is 2.94. The van der Waals surface area contributed by atoms with E-state index in [4.69, 9.17) is 0 Å². The fourth-order valence-corrected chi connectivity index (χ4v) is 0. The van der Waals surface area contributed by atoms with Crippen molar-refractivity contribution in [3.8, 4) is 0 Å². The predicted molar refractivity (Wildman–Crippen MR) is 24.4 cm³/mol. The molecule has 0 heterocycles. The van der Waals surface area contributed by atoms with Gasteiger partial charge in [-0.25, -0.2) is 5.25 Å². The molecule has 0 spiro atoms. The molecule has 0 radical (unpaired) electrons. The fourth-order valence-electron chi connectivity index (χ4n) is 0. The van der Waals surface area contributed by atoms with E-state index in [1.807, 2.05) is 0 Å². The van der Waals surface area contributed by atoms with Crippen molar-refractivity contribution in [3.63, 3.8) is 0 Å². The number of hydrogen-bond acceptors (Lipinski definition) is 1. The summed E-state index contributed by atoms with van der Waals surface area (Å²) in [6, 6.07) is 0. The summed E-state index contributed by atoms with van der Waals surface area (Å²) in [5.74, 6) is 0. The molecular weight excluding hydrogens is 108 g/mol. The molecule has 0 aromatic carbocycles. The molecule has 0 bridgehead atoms. The Morgan fingerprint density at radius 3 is 1.25 bits per heavy atom. The van der Waals surface area contributed by atoms with E-state index < -0.39 is 0 Å². The molecule has 0 aromatic rings. The Bertz CT molecular complexity index is 6.00. The van der Waals surface area contributed by atoms with Gasteiger partial charge in [0.2, 0.25) is 0 Å². The van der Waals surface area contributed by atoms with E-state index in [-0.39, 0.29) is 42.0 Å². The van der Waals surface area contributed by atoms with Crippen LogP contribution < -0.4 is 5.25 Å². The number of hydrogen-bond donors (Lipinski definition) is 1. The van der Waals surface area contributed by atoms with Crippen molar-refractivity contribution in [1.82, 2.24) is 0 Å². The number of halogens is 2. The Labute approximate surface area is 58.7 Å². The average Bonchev–Trinajstić information content (AvgIpc) is 1.00. The van der Waals surface area contributed by atoms with E-state index in [2.05, 4.69) is 17.0 Å². The third kappa shape index (κ3) is 9.63. The minimum absolute atomic E-state index is 0. The average molecular weight is 112 g/mol. The van der Waals surface area contributed by atoms with Gasteiger partial charge in [0.15, 0.2) is 0 Å². The second-order valence-corrected chi connectivity index (χ2v) is 0. The van der Waals surface area contributed by atoms with Crippen molar-refractivity contribution in [2.45, 2.75) is 0 Å². The summed E-state index contributed by atoms with van der Waals surface area (Å²) >= 11 is 4.14. The molecule has 0 saturated heterocycles. The monoisotopic (exact) mass is 111 g/mol. The Hall–Kier alpha value is 1.54. The van der Waals surface area contributed by atoms with Crippen LogP contribution in [0.3, 0.4) is 0 Å². The predicted octanol–water partition coefficient (Wildman–Crippen LogP) is -0.128. The van der Waals surface area contributed by atoms with Crippen LogP contribution >= 0.6 is 24.2 Å². The maximum absolute atomic E-state index is 4.14. The van der Waals surface area contributed by atoms with Gasteiger partial charge in [-0.05, 0) is 11.8 Å². The van der Waals surface area contributed by atoms with Crippen molar-refractivity contribution in [1.29, 1.82) is 0 Å². The standard InChI is InChI=1S/ClH2N.ClH.Na.H/c1-2;;;/h2H2;1H;;. The van der Waals surface area contributed by atoms with Crippen molar-refractivity contribution >= 4 is 53.7 Å². The second-order valence-electron chi connectivity index (χ2n) is 0. The van der Waals surface area contributed by atoms with Crippen molar-refractivity contribution < 1.29 is 0 Å². The minimum atomic E-state index is 0. The quantitative estimate of drug-likeness (QED) is 0.343. The first-order chi connectivity index (χ1) is 1.00. The van der Waals surface area contributed by atoms with Crippen molar-refractivity contribution in [3.05, 3.63) is 0 Å². The first kappa shape index (κ1) is 17.7. The molecule has 0 saturated carbocycles. The van der Waals surface area contributed by atoms with Crippen LogP contribution in [0.1, 0.15) is 0 Å². The summed E-state index contributed by atoms with van der Waals surface area (Å²) in [5.41, 5.74) is 0. The van der Waals surface area contributed by atoms with Crippen LogP contribution in [0.15, 0.2) is 0 Å². The molecule has 0 fully saturated rings. The van der Waals surface area contributed by atoms with Crippen LogP contribution in [0.5, 0.6) is 0 Å². The molecule has 0 rings (SSSR count). The third-order valence-electron chi connectivity index (χ3n) is 0. The normalized spacial score (nSPS) is 1.50. The molecule has 0 aliphatic carbocycles. The zero-order valence-electron chi connectivity index (χ0n) is 1.36. The van der Waals surface area contributed by atoms with Crippen LogP contribution in [0.25, 0.3) is 0 Å². The fraction of sp³-hybridized carbons (Fsp3) is 0. The molecule has 2 N–H and O–H groups in total. The second kappa shape index (κ2) is 24.0.